The highest BCUT2D eigenvalue weighted by Gasteiger charge is 2.30. The van der Waals surface area contributed by atoms with E-state index in [2.05, 4.69) is 0 Å². The maximum absolute atomic E-state index is 13.4. The Morgan fingerprint density at radius 1 is 0.905 bits per heavy atom. The summed E-state index contributed by atoms with van der Waals surface area (Å²) in [6, 6.07) is 4.00. The summed E-state index contributed by atoms with van der Waals surface area (Å²) < 4.78 is 57.9. The molecule has 0 aromatic heterocycles. The van der Waals surface area contributed by atoms with E-state index in [0.717, 1.165) is 37.3 Å². The smallest absolute Gasteiger partial charge is 0.159 e. The molecule has 0 amide bonds. The Balaban J connectivity index is 1.66. The molecule has 0 spiro atoms. The lowest BCUT2D eigenvalue weighted by Gasteiger charge is -2.35. The highest BCUT2D eigenvalue weighted by atomic mass is 19.2. The van der Waals surface area contributed by atoms with Crippen molar-refractivity contribution in [2.75, 3.05) is 0 Å². The third kappa shape index (κ3) is 3.33. The molecule has 0 N–H and O–H groups in total. The van der Waals surface area contributed by atoms with Gasteiger partial charge in [-0.05, 0) is 74.0 Å². The maximum Gasteiger partial charge on any atom is 0.159 e. The molecule has 2 fully saturated rings. The van der Waals surface area contributed by atoms with Crippen LogP contribution in [0.5, 0.6) is 0 Å². The number of carbonyl (C=O) groups is 1. The molecule has 114 valence electrons. The number of carbonyl (C=O) groups excluding carboxylic acids is 1. The van der Waals surface area contributed by atoms with Crippen LogP contribution in [0, 0.1) is 23.5 Å². The van der Waals surface area contributed by atoms with Gasteiger partial charge in [-0.15, -0.1) is 0 Å². The van der Waals surface area contributed by atoms with Crippen LogP contribution < -0.4 is 0 Å². The summed E-state index contributed by atoms with van der Waals surface area (Å²) in [4.78, 5) is 11.9. The van der Waals surface area contributed by atoms with Gasteiger partial charge in [0, 0.05) is 18.2 Å². The first kappa shape index (κ1) is 10.5. The molecule has 3 rings (SSSR count). The highest BCUT2D eigenvalue weighted by molar-refractivity contribution is 5.79. The normalized spacial score (nSPS) is 35.4. The van der Waals surface area contributed by atoms with Crippen molar-refractivity contribution in [3.05, 3.63) is 35.4 Å². The van der Waals surface area contributed by atoms with Gasteiger partial charge < -0.3 is 0 Å². The Hall–Kier alpha value is -1.25. The fourth-order valence-electron chi connectivity index (χ4n) is 3.61. The Bertz CT molecular complexity index is 649. The second-order valence-corrected chi connectivity index (χ2v) is 6.14. The molecule has 0 heterocycles. The van der Waals surface area contributed by atoms with Gasteiger partial charge in [-0.2, -0.15) is 0 Å². The largest absolute Gasteiger partial charge is 0.300 e. The average Bonchev–Trinajstić information content (AvgIpc) is 2.55. The molecular weight excluding hydrogens is 270 g/mol. The molecule has 1 nitrogen and oxygen atoms in total. The number of hydrogen-bond donors (Lipinski definition) is 0. The van der Waals surface area contributed by atoms with Crippen LogP contribution in [-0.4, -0.2) is 5.78 Å². The van der Waals surface area contributed by atoms with Crippen LogP contribution in [-0.2, 0) is 4.79 Å². The van der Waals surface area contributed by atoms with Crippen molar-refractivity contribution in [3.8, 4) is 0 Å². The van der Waals surface area contributed by atoms with E-state index >= 15 is 0 Å². The molecule has 0 bridgehead atoms. The van der Waals surface area contributed by atoms with Crippen LogP contribution in [0.1, 0.15) is 68.2 Å². The minimum Gasteiger partial charge on any atom is -0.300 e. The third-order valence-corrected chi connectivity index (χ3v) is 4.90. The summed E-state index contributed by atoms with van der Waals surface area (Å²) in [5, 5.41) is 0. The highest BCUT2D eigenvalue weighted by Crippen LogP contribution is 2.42. The summed E-state index contributed by atoms with van der Waals surface area (Å²) in [6.45, 7) is 0. The molecule has 3 heteroatoms. The summed E-state index contributed by atoms with van der Waals surface area (Å²) in [7, 11) is 0. The monoisotopic (exact) mass is 296 g/mol. The van der Waals surface area contributed by atoms with Gasteiger partial charge in [0.15, 0.2) is 11.6 Å². The van der Waals surface area contributed by atoms with Crippen LogP contribution in [0.3, 0.4) is 0 Å². The predicted molar refractivity (Wildman–Crippen MR) is 78.0 cm³/mol. The van der Waals surface area contributed by atoms with Gasteiger partial charge in [0.2, 0.25) is 0 Å². The van der Waals surface area contributed by atoms with E-state index in [9.17, 15) is 13.6 Å². The van der Waals surface area contributed by atoms with E-state index in [0.29, 0.717) is 0 Å². The topological polar surface area (TPSA) is 17.1 Å². The Morgan fingerprint density at radius 3 is 2.14 bits per heavy atom. The molecule has 1 aromatic carbocycles. The zero-order chi connectivity index (χ0) is 18.4. The molecule has 0 atom stereocenters. The molecule has 2 aliphatic rings. The van der Waals surface area contributed by atoms with E-state index in [1.807, 2.05) is 0 Å². The van der Waals surface area contributed by atoms with Crippen molar-refractivity contribution in [2.45, 2.75) is 57.2 Å². The molecular formula is C18H22F2O. The van der Waals surface area contributed by atoms with Crippen molar-refractivity contribution >= 4 is 5.78 Å². The van der Waals surface area contributed by atoms with Gasteiger partial charge in [-0.25, -0.2) is 8.78 Å². The standard InChI is InChI=1S/C18H22F2O/c19-17-10-7-15(11-18(17)20)14-3-1-12(2-4-14)13-5-8-16(21)9-6-13/h7,10-14H,1-6,8-9H2/t12-,14-/i8D2,9D2. The second-order valence-electron chi connectivity index (χ2n) is 6.14. The Morgan fingerprint density at radius 2 is 1.52 bits per heavy atom. The average molecular weight is 296 g/mol. The summed E-state index contributed by atoms with van der Waals surface area (Å²) in [5.74, 6) is -2.48. The molecule has 2 saturated carbocycles. The quantitative estimate of drug-likeness (QED) is 0.750. The lowest BCUT2D eigenvalue weighted by Crippen LogP contribution is -2.25. The van der Waals surface area contributed by atoms with E-state index in [4.69, 9.17) is 5.48 Å². The molecule has 0 saturated heterocycles. The first-order chi connectivity index (χ1) is 11.6. The van der Waals surface area contributed by atoms with E-state index in [-0.39, 0.29) is 30.6 Å². The third-order valence-electron chi connectivity index (χ3n) is 4.90. The minimum atomic E-state index is -2.11. The second kappa shape index (κ2) is 6.25. The van der Waals surface area contributed by atoms with E-state index in [1.165, 1.54) is 6.07 Å². The van der Waals surface area contributed by atoms with Gasteiger partial charge in [-0.1, -0.05) is 6.07 Å². The lowest BCUT2D eigenvalue weighted by atomic mass is 9.70. The van der Waals surface area contributed by atoms with Gasteiger partial charge in [0.05, 0.1) is 0 Å². The van der Waals surface area contributed by atoms with Crippen LogP contribution >= 0.6 is 0 Å². The number of Topliss-reactive ketones (excluding diaryl/α,β-unsaturated/α-hetero) is 1. The number of rotatable bonds is 2. The van der Waals surface area contributed by atoms with Crippen molar-refractivity contribution < 1.29 is 19.1 Å². The van der Waals surface area contributed by atoms with Gasteiger partial charge in [-0.3, -0.25) is 4.79 Å². The van der Waals surface area contributed by atoms with Crippen LogP contribution in [0.25, 0.3) is 0 Å². The molecule has 2 aliphatic carbocycles. The van der Waals surface area contributed by atoms with Crippen molar-refractivity contribution in [2.24, 2.45) is 11.8 Å². The predicted octanol–water partition coefficient (Wildman–Crippen LogP) is 5.00. The van der Waals surface area contributed by atoms with Crippen LogP contribution in [0.4, 0.5) is 8.78 Å². The molecule has 0 aliphatic heterocycles. The van der Waals surface area contributed by atoms with Crippen LogP contribution in [0.15, 0.2) is 18.2 Å². The van der Waals surface area contributed by atoms with Gasteiger partial charge >= 0.3 is 0 Å². The summed E-state index contributed by atoms with van der Waals surface area (Å²) >= 11 is 0. The zero-order valence-corrected chi connectivity index (χ0v) is 11.9. The number of hydrogen-bond acceptors (Lipinski definition) is 1. The van der Waals surface area contributed by atoms with Crippen molar-refractivity contribution in [1.29, 1.82) is 0 Å². The zero-order valence-electron chi connectivity index (χ0n) is 15.9. The first-order valence-electron chi connectivity index (χ1n) is 9.60. The van der Waals surface area contributed by atoms with Gasteiger partial charge in [0.25, 0.3) is 0 Å². The molecule has 0 radical (unpaired) electrons. The Kier molecular flexibility index (Phi) is 3.12. The molecule has 0 unspecified atom stereocenters. The summed E-state index contributed by atoms with van der Waals surface area (Å²) in [6.07, 6.45) is -0.924. The maximum atomic E-state index is 13.4. The molecule has 21 heavy (non-hydrogen) atoms. The molecule has 1 aromatic rings. The number of ketones is 1. The number of benzene rings is 1. The Labute approximate surface area is 130 Å². The SMILES string of the molecule is [2H]C1([2H])CC([C@H]2CC[C@H](c3ccc(F)c(F)c3)CC2)CC([2H])([2H])C1=O. The van der Waals surface area contributed by atoms with E-state index < -0.39 is 30.2 Å². The van der Waals surface area contributed by atoms with Crippen LogP contribution in [0.2, 0.25) is 0 Å². The minimum absolute atomic E-state index is 0.0753. The number of halogens is 2. The van der Waals surface area contributed by atoms with E-state index in [1.54, 1.807) is 6.07 Å². The first-order valence-corrected chi connectivity index (χ1v) is 7.60. The van der Waals surface area contributed by atoms with Gasteiger partial charge in [0.1, 0.15) is 5.78 Å². The van der Waals surface area contributed by atoms with Crippen molar-refractivity contribution in [1.82, 2.24) is 0 Å². The fourth-order valence-corrected chi connectivity index (χ4v) is 3.61. The van der Waals surface area contributed by atoms with Crippen molar-refractivity contribution in [3.63, 3.8) is 0 Å². The fraction of sp³-hybridized carbons (Fsp3) is 0.611. The lowest BCUT2D eigenvalue weighted by molar-refractivity contribution is -0.121. The summed E-state index contributed by atoms with van der Waals surface area (Å²) in [5.41, 5.74) is 0.779.